The number of carbonyl (C=O) groups excluding carboxylic acids is 1. The average Bonchev–Trinajstić information content (AvgIpc) is 3.23. The molecule has 9 heteroatoms. The van der Waals surface area contributed by atoms with E-state index < -0.39 is 10.0 Å². The maximum Gasteiger partial charge on any atom is 0.236 e. The molecule has 1 N–H and O–H groups in total. The topological polar surface area (TPSA) is 92.5 Å². The van der Waals surface area contributed by atoms with Crippen LogP contribution in [0.4, 0.5) is 0 Å². The Bertz CT molecular complexity index is 859. The summed E-state index contributed by atoms with van der Waals surface area (Å²) < 4.78 is 31.0. The van der Waals surface area contributed by atoms with E-state index in [0.29, 0.717) is 23.9 Å². The highest BCUT2D eigenvalue weighted by Gasteiger charge is 2.28. The van der Waals surface area contributed by atoms with Crippen molar-refractivity contribution in [2.24, 2.45) is 0 Å². The maximum absolute atomic E-state index is 12.8. The van der Waals surface area contributed by atoms with Crippen LogP contribution < -0.4 is 4.72 Å². The SMILES string of the molecule is Cc1oc(-c2cccs2)nc1CC(=O)N1CCCCC1CNS(C)(=O)=O. The normalized spacial score (nSPS) is 18.2. The molecule has 0 spiro atoms. The molecular weight excluding hydrogens is 374 g/mol. The fraction of sp³-hybridized carbons (Fsp3) is 0.529. The molecule has 142 valence electrons. The second-order valence-electron chi connectivity index (χ2n) is 6.53. The standard InChI is InChI=1S/C17H23N3O4S2/c1-12-14(19-17(24-12)15-7-5-9-25-15)10-16(21)20-8-4-3-6-13(20)11-18-26(2,22)23/h5,7,9,13,18H,3-4,6,8,10-11H2,1-2H3. The Hall–Kier alpha value is -1.71. The molecule has 0 radical (unpaired) electrons. The highest BCUT2D eigenvalue weighted by molar-refractivity contribution is 7.88. The molecule has 1 unspecified atom stereocenters. The number of sulfonamides is 1. The first-order valence-electron chi connectivity index (χ1n) is 8.58. The predicted octanol–water partition coefficient (Wildman–Crippen LogP) is 2.18. The molecule has 1 atom stereocenters. The number of likely N-dealkylation sites (tertiary alicyclic amines) is 1. The van der Waals surface area contributed by atoms with Gasteiger partial charge >= 0.3 is 0 Å². The van der Waals surface area contributed by atoms with Crippen LogP contribution in [-0.2, 0) is 21.2 Å². The molecule has 2 aromatic rings. The van der Waals surface area contributed by atoms with E-state index in [0.717, 1.165) is 30.4 Å². The first-order chi connectivity index (χ1) is 12.3. The van der Waals surface area contributed by atoms with Crippen molar-refractivity contribution in [1.29, 1.82) is 0 Å². The Kier molecular flexibility index (Phi) is 5.79. The molecule has 1 aliphatic heterocycles. The largest absolute Gasteiger partial charge is 0.440 e. The van der Waals surface area contributed by atoms with E-state index in [1.54, 1.807) is 4.90 Å². The molecule has 3 heterocycles. The van der Waals surface area contributed by atoms with Gasteiger partial charge in [-0.1, -0.05) is 6.07 Å². The summed E-state index contributed by atoms with van der Waals surface area (Å²) in [5.74, 6) is 1.14. The average molecular weight is 398 g/mol. The summed E-state index contributed by atoms with van der Waals surface area (Å²) in [6, 6.07) is 3.74. The van der Waals surface area contributed by atoms with E-state index in [9.17, 15) is 13.2 Å². The molecule has 1 saturated heterocycles. The molecular formula is C17H23N3O4S2. The molecule has 26 heavy (non-hydrogen) atoms. The molecule has 1 amide bonds. The predicted molar refractivity (Wildman–Crippen MR) is 100 cm³/mol. The number of amides is 1. The molecule has 2 aromatic heterocycles. The Morgan fingerprint density at radius 1 is 1.46 bits per heavy atom. The van der Waals surface area contributed by atoms with E-state index in [1.165, 1.54) is 11.3 Å². The van der Waals surface area contributed by atoms with Crippen molar-refractivity contribution in [3.8, 4) is 10.8 Å². The fourth-order valence-electron chi connectivity index (χ4n) is 3.13. The van der Waals surface area contributed by atoms with Crippen LogP contribution in [0.1, 0.15) is 30.7 Å². The van der Waals surface area contributed by atoms with Crippen LogP contribution in [0.25, 0.3) is 10.8 Å². The smallest absolute Gasteiger partial charge is 0.236 e. The highest BCUT2D eigenvalue weighted by atomic mass is 32.2. The molecule has 0 aromatic carbocycles. The first-order valence-corrected chi connectivity index (χ1v) is 11.3. The zero-order chi connectivity index (χ0) is 18.7. The maximum atomic E-state index is 12.8. The third-order valence-corrected chi connectivity index (χ3v) is 6.02. The highest BCUT2D eigenvalue weighted by Crippen LogP contribution is 2.26. The van der Waals surface area contributed by atoms with Gasteiger partial charge in [-0.2, -0.15) is 0 Å². The number of hydrogen-bond acceptors (Lipinski definition) is 6. The molecule has 1 aliphatic rings. The van der Waals surface area contributed by atoms with Gasteiger partial charge in [0.2, 0.25) is 21.8 Å². The van der Waals surface area contributed by atoms with Gasteiger partial charge in [0, 0.05) is 19.1 Å². The van der Waals surface area contributed by atoms with Crippen LogP contribution in [-0.4, -0.2) is 49.6 Å². The molecule has 0 saturated carbocycles. The van der Waals surface area contributed by atoms with Crippen molar-refractivity contribution in [1.82, 2.24) is 14.6 Å². The van der Waals surface area contributed by atoms with Crippen molar-refractivity contribution >= 4 is 27.3 Å². The van der Waals surface area contributed by atoms with Crippen molar-refractivity contribution in [2.45, 2.75) is 38.6 Å². The monoisotopic (exact) mass is 397 g/mol. The Morgan fingerprint density at radius 3 is 2.96 bits per heavy atom. The van der Waals surface area contributed by atoms with Crippen molar-refractivity contribution in [3.63, 3.8) is 0 Å². The van der Waals surface area contributed by atoms with E-state index in [1.807, 2.05) is 24.4 Å². The van der Waals surface area contributed by atoms with E-state index in [4.69, 9.17) is 4.42 Å². The van der Waals surface area contributed by atoms with Crippen molar-refractivity contribution in [3.05, 3.63) is 29.0 Å². The zero-order valence-corrected chi connectivity index (χ0v) is 16.5. The van der Waals surface area contributed by atoms with Crippen molar-refractivity contribution in [2.75, 3.05) is 19.3 Å². The van der Waals surface area contributed by atoms with E-state index in [-0.39, 0.29) is 24.9 Å². The summed E-state index contributed by atoms with van der Waals surface area (Å²) in [6.07, 6.45) is 4.01. The summed E-state index contributed by atoms with van der Waals surface area (Å²) >= 11 is 1.54. The van der Waals surface area contributed by atoms with Crippen LogP contribution in [0.15, 0.2) is 21.9 Å². The number of aryl methyl sites for hydroxylation is 1. The lowest BCUT2D eigenvalue weighted by Crippen LogP contribution is -2.49. The third kappa shape index (κ3) is 4.72. The van der Waals surface area contributed by atoms with E-state index in [2.05, 4.69) is 9.71 Å². The number of rotatable bonds is 6. The number of thiophene rings is 1. The molecule has 7 nitrogen and oxygen atoms in total. The zero-order valence-electron chi connectivity index (χ0n) is 14.9. The number of hydrogen-bond donors (Lipinski definition) is 1. The van der Waals surface area contributed by atoms with E-state index >= 15 is 0 Å². The lowest BCUT2D eigenvalue weighted by atomic mass is 10.0. The minimum atomic E-state index is -3.27. The minimum absolute atomic E-state index is 0.0425. The number of nitrogens with zero attached hydrogens (tertiary/aromatic N) is 2. The van der Waals surface area contributed by atoms with Crippen LogP contribution in [0.2, 0.25) is 0 Å². The van der Waals surface area contributed by atoms with Gasteiger partial charge in [-0.3, -0.25) is 4.79 Å². The van der Waals surface area contributed by atoms with Gasteiger partial charge in [-0.25, -0.2) is 18.1 Å². The fourth-order valence-corrected chi connectivity index (χ4v) is 4.28. The summed E-state index contributed by atoms with van der Waals surface area (Å²) in [4.78, 5) is 20.0. The molecule has 0 aliphatic carbocycles. The van der Waals surface area contributed by atoms with Gasteiger partial charge < -0.3 is 9.32 Å². The molecule has 0 bridgehead atoms. The van der Waals surface area contributed by atoms with Crippen LogP contribution >= 0.6 is 11.3 Å². The molecule has 1 fully saturated rings. The lowest BCUT2D eigenvalue weighted by Gasteiger charge is -2.35. The quantitative estimate of drug-likeness (QED) is 0.807. The van der Waals surface area contributed by atoms with Crippen LogP contribution in [0, 0.1) is 6.92 Å². The van der Waals surface area contributed by atoms with Gasteiger partial charge in [0.1, 0.15) is 5.76 Å². The van der Waals surface area contributed by atoms with Crippen LogP contribution in [0.3, 0.4) is 0 Å². The number of nitrogens with one attached hydrogen (secondary N) is 1. The Morgan fingerprint density at radius 2 is 2.27 bits per heavy atom. The summed E-state index contributed by atoms with van der Waals surface area (Å²) in [5, 5.41) is 1.95. The van der Waals surface area contributed by atoms with Gasteiger partial charge in [0.05, 0.1) is 23.2 Å². The number of aromatic nitrogens is 1. The number of carbonyl (C=O) groups is 1. The Balaban J connectivity index is 1.69. The third-order valence-electron chi connectivity index (χ3n) is 4.47. The number of piperidine rings is 1. The second-order valence-corrected chi connectivity index (χ2v) is 9.31. The number of oxazole rings is 1. The summed E-state index contributed by atoms with van der Waals surface area (Å²) in [6.45, 7) is 2.71. The van der Waals surface area contributed by atoms with Crippen molar-refractivity contribution < 1.29 is 17.6 Å². The summed E-state index contributed by atoms with van der Waals surface area (Å²) in [5.41, 5.74) is 0.638. The van der Waals surface area contributed by atoms with Gasteiger partial charge in [-0.05, 0) is 37.6 Å². The van der Waals surface area contributed by atoms with Crippen LogP contribution in [0.5, 0.6) is 0 Å². The summed E-state index contributed by atoms with van der Waals surface area (Å²) in [7, 11) is -3.27. The Labute approximate surface area is 157 Å². The minimum Gasteiger partial charge on any atom is -0.440 e. The van der Waals surface area contributed by atoms with Gasteiger partial charge in [-0.15, -0.1) is 11.3 Å². The lowest BCUT2D eigenvalue weighted by molar-refractivity contribution is -0.134. The first kappa shape index (κ1) is 19.1. The molecule has 3 rings (SSSR count). The van der Waals surface area contributed by atoms with Gasteiger partial charge in [0.15, 0.2) is 0 Å². The van der Waals surface area contributed by atoms with Gasteiger partial charge in [0.25, 0.3) is 0 Å². The second kappa shape index (κ2) is 7.89.